The van der Waals surface area contributed by atoms with Crippen LogP contribution in [0.2, 0.25) is 0 Å². The molecule has 80 valence electrons. The Morgan fingerprint density at radius 1 is 1.19 bits per heavy atom. The largest absolute Gasteiger partial charge is 0.361 e. The molecule has 1 aliphatic carbocycles. The molecule has 1 heterocycles. The normalized spacial score (nSPS) is 16.4. The summed E-state index contributed by atoms with van der Waals surface area (Å²) in [5.74, 6) is 0.294. The molecule has 2 aromatic rings. The number of H-pyrrole nitrogens is 1. The van der Waals surface area contributed by atoms with Crippen LogP contribution in [0.4, 0.5) is 0 Å². The summed E-state index contributed by atoms with van der Waals surface area (Å²) in [6, 6.07) is 8.28. The van der Waals surface area contributed by atoms with E-state index in [9.17, 15) is 4.79 Å². The van der Waals surface area contributed by atoms with Crippen LogP contribution in [0.25, 0.3) is 16.5 Å². The van der Waals surface area contributed by atoms with Gasteiger partial charge >= 0.3 is 0 Å². The van der Waals surface area contributed by atoms with Crippen molar-refractivity contribution in [2.45, 2.75) is 19.8 Å². The highest BCUT2D eigenvalue weighted by molar-refractivity contribution is 6.09. The van der Waals surface area contributed by atoms with E-state index in [1.165, 1.54) is 16.5 Å². The first-order valence-corrected chi connectivity index (χ1v) is 5.57. The second kappa shape index (κ2) is 3.34. The average Bonchev–Trinajstić information content (AvgIpc) is 2.87. The molecule has 0 unspecified atom stereocenters. The minimum atomic E-state index is 0.294. The van der Waals surface area contributed by atoms with Crippen molar-refractivity contribution in [2.24, 2.45) is 0 Å². The third-order valence-corrected chi connectivity index (χ3v) is 3.39. The van der Waals surface area contributed by atoms with Crippen molar-refractivity contribution in [1.82, 2.24) is 4.98 Å². The van der Waals surface area contributed by atoms with E-state index in [1.807, 2.05) is 19.2 Å². The molecule has 0 bridgehead atoms. The minimum absolute atomic E-state index is 0.294. The van der Waals surface area contributed by atoms with E-state index in [0.717, 1.165) is 17.5 Å². The second-order valence-electron chi connectivity index (χ2n) is 4.27. The molecule has 0 atom stereocenters. The average molecular weight is 211 g/mol. The maximum atomic E-state index is 11.6. The predicted molar refractivity (Wildman–Crippen MR) is 65.1 cm³/mol. The fraction of sp³-hybridized carbons (Fsp3) is 0.214. The first-order valence-electron chi connectivity index (χ1n) is 5.57. The minimum Gasteiger partial charge on any atom is -0.361 e. The first kappa shape index (κ1) is 9.40. The van der Waals surface area contributed by atoms with Gasteiger partial charge in [-0.05, 0) is 42.2 Å². The van der Waals surface area contributed by atoms with E-state index < -0.39 is 0 Å². The van der Waals surface area contributed by atoms with Crippen molar-refractivity contribution in [2.75, 3.05) is 0 Å². The number of aromatic amines is 1. The van der Waals surface area contributed by atoms with Gasteiger partial charge in [-0.25, -0.2) is 0 Å². The Hall–Kier alpha value is -1.83. The summed E-state index contributed by atoms with van der Waals surface area (Å²) < 4.78 is 0. The number of ketones is 1. The molecule has 2 nitrogen and oxygen atoms in total. The highest BCUT2D eigenvalue weighted by Crippen LogP contribution is 2.34. The molecule has 1 aromatic heterocycles. The Morgan fingerprint density at radius 3 is 2.81 bits per heavy atom. The first-order chi connectivity index (χ1) is 7.77. The second-order valence-corrected chi connectivity index (χ2v) is 4.27. The number of carbonyl (C=O) groups excluding carboxylic acids is 1. The van der Waals surface area contributed by atoms with Gasteiger partial charge in [-0.1, -0.05) is 12.1 Å². The molecule has 16 heavy (non-hydrogen) atoms. The van der Waals surface area contributed by atoms with Crippen LogP contribution >= 0.6 is 0 Å². The molecule has 0 radical (unpaired) electrons. The maximum Gasteiger partial charge on any atom is 0.159 e. The molecule has 3 rings (SSSR count). The maximum absolute atomic E-state index is 11.6. The molecule has 0 spiro atoms. The summed E-state index contributed by atoms with van der Waals surface area (Å²) >= 11 is 0. The van der Waals surface area contributed by atoms with Crippen LogP contribution in [0.3, 0.4) is 0 Å². The Bertz CT molecular complexity index is 604. The highest BCUT2D eigenvalue weighted by atomic mass is 16.1. The number of hydrogen-bond donors (Lipinski definition) is 1. The number of carbonyl (C=O) groups is 1. The van der Waals surface area contributed by atoms with Crippen LogP contribution in [-0.4, -0.2) is 10.8 Å². The van der Waals surface area contributed by atoms with Crippen LogP contribution in [0.15, 0.2) is 36.0 Å². The predicted octanol–water partition coefficient (Wildman–Crippen LogP) is 3.30. The fourth-order valence-electron chi connectivity index (χ4n) is 2.47. The number of allylic oxidation sites excluding steroid dienone is 2. The van der Waals surface area contributed by atoms with E-state index in [-0.39, 0.29) is 0 Å². The number of nitrogens with one attached hydrogen (secondary N) is 1. The van der Waals surface area contributed by atoms with Crippen LogP contribution < -0.4 is 0 Å². The zero-order valence-corrected chi connectivity index (χ0v) is 9.21. The zero-order valence-electron chi connectivity index (χ0n) is 9.21. The summed E-state index contributed by atoms with van der Waals surface area (Å²) in [5.41, 5.74) is 4.50. The molecule has 1 aromatic carbocycles. The summed E-state index contributed by atoms with van der Waals surface area (Å²) in [5, 5.41) is 1.21. The van der Waals surface area contributed by atoms with Gasteiger partial charge in [0.05, 0.1) is 0 Å². The lowest BCUT2D eigenvalue weighted by Gasteiger charge is -2.05. The number of aromatic nitrogens is 1. The van der Waals surface area contributed by atoms with Crippen molar-refractivity contribution in [1.29, 1.82) is 0 Å². The summed E-state index contributed by atoms with van der Waals surface area (Å²) in [4.78, 5) is 14.8. The molecule has 2 heteroatoms. The Labute approximate surface area is 94.0 Å². The van der Waals surface area contributed by atoms with Gasteiger partial charge in [0.15, 0.2) is 5.78 Å². The standard InChI is InChI=1S/C14H13NO/c1-9-10(5-6-14(9)16)11-3-2-4-13-12(11)7-8-15-13/h2-4,7-8,15H,5-6H2,1H3. The van der Waals surface area contributed by atoms with Crippen molar-refractivity contribution < 1.29 is 4.79 Å². The summed E-state index contributed by atoms with van der Waals surface area (Å²) in [6.07, 6.45) is 3.50. The number of Topliss-reactive ketones (excluding diaryl/α,β-unsaturated/α-hetero) is 1. The number of hydrogen-bond acceptors (Lipinski definition) is 1. The number of rotatable bonds is 1. The highest BCUT2D eigenvalue weighted by Gasteiger charge is 2.21. The van der Waals surface area contributed by atoms with E-state index in [1.54, 1.807) is 0 Å². The smallest absolute Gasteiger partial charge is 0.159 e. The Kier molecular flexibility index (Phi) is 1.96. The van der Waals surface area contributed by atoms with E-state index in [2.05, 4.69) is 23.2 Å². The van der Waals surface area contributed by atoms with E-state index in [4.69, 9.17) is 0 Å². The molecule has 0 amide bonds. The molecular weight excluding hydrogens is 198 g/mol. The Morgan fingerprint density at radius 2 is 2.06 bits per heavy atom. The van der Waals surface area contributed by atoms with Gasteiger partial charge in [-0.15, -0.1) is 0 Å². The Balaban J connectivity index is 2.27. The monoisotopic (exact) mass is 211 g/mol. The summed E-state index contributed by atoms with van der Waals surface area (Å²) in [7, 11) is 0. The molecule has 0 saturated heterocycles. The molecule has 1 N–H and O–H groups in total. The van der Waals surface area contributed by atoms with Gasteiger partial charge in [-0.2, -0.15) is 0 Å². The SMILES string of the molecule is CC1=C(c2cccc3[nH]ccc23)CCC1=O. The van der Waals surface area contributed by atoms with Crippen LogP contribution in [-0.2, 0) is 4.79 Å². The molecule has 1 aliphatic rings. The van der Waals surface area contributed by atoms with Gasteiger partial charge in [0.25, 0.3) is 0 Å². The fourth-order valence-corrected chi connectivity index (χ4v) is 2.47. The lowest BCUT2D eigenvalue weighted by molar-refractivity contribution is -0.114. The number of benzene rings is 1. The van der Waals surface area contributed by atoms with Crippen LogP contribution in [0.5, 0.6) is 0 Å². The van der Waals surface area contributed by atoms with Gasteiger partial charge < -0.3 is 4.98 Å². The molecule has 0 fully saturated rings. The lowest BCUT2D eigenvalue weighted by atomic mass is 9.99. The van der Waals surface area contributed by atoms with Gasteiger partial charge in [0.2, 0.25) is 0 Å². The van der Waals surface area contributed by atoms with E-state index in [0.29, 0.717) is 12.2 Å². The van der Waals surface area contributed by atoms with Crippen molar-refractivity contribution in [3.05, 3.63) is 41.6 Å². The van der Waals surface area contributed by atoms with Crippen LogP contribution in [0.1, 0.15) is 25.3 Å². The third-order valence-electron chi connectivity index (χ3n) is 3.39. The van der Waals surface area contributed by atoms with Gasteiger partial charge in [0.1, 0.15) is 0 Å². The van der Waals surface area contributed by atoms with Crippen molar-refractivity contribution in [3.8, 4) is 0 Å². The summed E-state index contributed by atoms with van der Waals surface area (Å²) in [6.45, 7) is 1.94. The third kappa shape index (κ3) is 1.23. The zero-order chi connectivity index (χ0) is 11.1. The quantitative estimate of drug-likeness (QED) is 0.771. The molecule has 0 aliphatic heterocycles. The van der Waals surface area contributed by atoms with Crippen molar-refractivity contribution >= 4 is 22.3 Å². The van der Waals surface area contributed by atoms with Crippen molar-refractivity contribution in [3.63, 3.8) is 0 Å². The number of fused-ring (bicyclic) bond motifs is 1. The van der Waals surface area contributed by atoms with Crippen LogP contribution in [0, 0.1) is 0 Å². The van der Waals surface area contributed by atoms with E-state index >= 15 is 0 Å². The molecular formula is C14H13NO. The lowest BCUT2D eigenvalue weighted by Crippen LogP contribution is -1.90. The van der Waals surface area contributed by atoms with Gasteiger partial charge in [0, 0.05) is 23.5 Å². The molecule has 0 saturated carbocycles. The topological polar surface area (TPSA) is 32.9 Å². The van der Waals surface area contributed by atoms with Gasteiger partial charge in [-0.3, -0.25) is 4.79 Å².